The molecule has 1 aliphatic heterocycles. The first-order chi connectivity index (χ1) is 13.0. The number of piperazine rings is 1. The van der Waals surface area contributed by atoms with Crippen LogP contribution in [0.5, 0.6) is 5.75 Å². The fourth-order valence-electron chi connectivity index (χ4n) is 3.69. The topological polar surface area (TPSA) is 57.0 Å². The molecule has 0 radical (unpaired) electrons. The van der Waals surface area contributed by atoms with E-state index in [2.05, 4.69) is 30.1 Å². The lowest BCUT2D eigenvalue weighted by molar-refractivity contribution is -0.914. The molecule has 1 aliphatic rings. The Balaban J connectivity index is 1.58. The van der Waals surface area contributed by atoms with Crippen molar-refractivity contribution in [1.82, 2.24) is 0 Å². The summed E-state index contributed by atoms with van der Waals surface area (Å²) in [5.74, 6) is 0.740. The molecule has 1 heterocycles. The maximum absolute atomic E-state index is 12.8. The number of nitrogens with one attached hydrogen (secondary N) is 2. The van der Waals surface area contributed by atoms with Gasteiger partial charge in [-0.05, 0) is 48.7 Å². The summed E-state index contributed by atoms with van der Waals surface area (Å²) in [4.78, 5) is 16.4. The lowest BCUT2D eigenvalue weighted by Gasteiger charge is -2.36. The van der Waals surface area contributed by atoms with Crippen molar-refractivity contribution >= 4 is 17.3 Å². The number of quaternary nitrogens is 1. The average Bonchev–Trinajstić information content (AvgIpc) is 2.68. The van der Waals surface area contributed by atoms with E-state index >= 15 is 0 Å². The second-order valence-corrected chi connectivity index (χ2v) is 7.61. The molecule has 0 aliphatic carbocycles. The minimum absolute atomic E-state index is 0.0798. The molecule has 27 heavy (non-hydrogen) atoms. The molecule has 3 rings (SSSR count). The van der Waals surface area contributed by atoms with Crippen LogP contribution in [0.1, 0.15) is 32.3 Å². The van der Waals surface area contributed by atoms with Gasteiger partial charge in [0.1, 0.15) is 5.75 Å². The molecule has 0 aromatic heterocycles. The molecule has 3 N–H and O–H groups in total. The number of anilines is 2. The molecule has 1 atom stereocenters. The van der Waals surface area contributed by atoms with Crippen molar-refractivity contribution < 1.29 is 14.8 Å². The Morgan fingerprint density at radius 1 is 1.04 bits per heavy atom. The predicted octanol–water partition coefficient (Wildman–Crippen LogP) is 2.25. The van der Waals surface area contributed by atoms with Gasteiger partial charge in [-0.25, -0.2) is 0 Å². The molecular formula is C22H30N3O2+. The van der Waals surface area contributed by atoms with Crippen LogP contribution in [0.25, 0.3) is 0 Å². The van der Waals surface area contributed by atoms with Gasteiger partial charge in [0.25, 0.3) is 5.91 Å². The maximum Gasteiger partial charge on any atom is 0.282 e. The van der Waals surface area contributed by atoms with Gasteiger partial charge < -0.3 is 20.2 Å². The van der Waals surface area contributed by atoms with Crippen LogP contribution in [-0.4, -0.2) is 43.2 Å². The van der Waals surface area contributed by atoms with Crippen LogP contribution < -0.4 is 15.1 Å². The fraction of sp³-hybridized carbons (Fsp3) is 0.409. The highest BCUT2D eigenvalue weighted by molar-refractivity contribution is 5.94. The molecule has 0 spiro atoms. The van der Waals surface area contributed by atoms with Crippen LogP contribution in [0.3, 0.4) is 0 Å². The van der Waals surface area contributed by atoms with Gasteiger partial charge in [-0.15, -0.1) is 0 Å². The Labute approximate surface area is 161 Å². The highest BCUT2D eigenvalue weighted by atomic mass is 16.3. The van der Waals surface area contributed by atoms with Crippen LogP contribution >= 0.6 is 0 Å². The summed E-state index contributed by atoms with van der Waals surface area (Å²) < 4.78 is 0. The van der Waals surface area contributed by atoms with Gasteiger partial charge in [0.2, 0.25) is 0 Å². The van der Waals surface area contributed by atoms with E-state index in [0.717, 1.165) is 37.6 Å². The number of carbonyl (C=O) groups excluding carboxylic acids is 1. The third kappa shape index (κ3) is 4.61. The van der Waals surface area contributed by atoms with E-state index in [4.69, 9.17) is 0 Å². The summed E-state index contributed by atoms with van der Waals surface area (Å²) in [5, 5.41) is 12.6. The van der Waals surface area contributed by atoms with E-state index in [1.807, 2.05) is 37.3 Å². The highest BCUT2D eigenvalue weighted by Crippen LogP contribution is 2.23. The van der Waals surface area contributed by atoms with Crippen LogP contribution in [0.15, 0.2) is 48.5 Å². The number of carbonyl (C=O) groups is 1. The van der Waals surface area contributed by atoms with Crippen molar-refractivity contribution in [1.29, 1.82) is 0 Å². The first-order valence-corrected chi connectivity index (χ1v) is 9.74. The second-order valence-electron chi connectivity index (χ2n) is 7.61. The van der Waals surface area contributed by atoms with E-state index in [0.29, 0.717) is 5.92 Å². The number of benzene rings is 2. The monoisotopic (exact) mass is 368 g/mol. The number of phenolic OH excluding ortho intramolecular Hbond substituents is 1. The van der Waals surface area contributed by atoms with Crippen molar-refractivity contribution in [2.75, 3.05) is 36.4 Å². The molecule has 5 nitrogen and oxygen atoms in total. The van der Waals surface area contributed by atoms with Gasteiger partial charge in [-0.1, -0.05) is 32.0 Å². The quantitative estimate of drug-likeness (QED) is 0.759. The van der Waals surface area contributed by atoms with Crippen LogP contribution in [0, 0.1) is 0 Å². The van der Waals surface area contributed by atoms with E-state index in [-0.39, 0.29) is 17.7 Å². The number of para-hydroxylation sites is 1. The molecule has 1 saturated heterocycles. The van der Waals surface area contributed by atoms with E-state index in [9.17, 15) is 9.90 Å². The number of rotatable bonds is 5. The first kappa shape index (κ1) is 19.2. The van der Waals surface area contributed by atoms with Crippen molar-refractivity contribution in [3.8, 4) is 5.75 Å². The fourth-order valence-corrected chi connectivity index (χ4v) is 3.69. The Hall–Kier alpha value is -2.53. The van der Waals surface area contributed by atoms with Gasteiger partial charge >= 0.3 is 0 Å². The van der Waals surface area contributed by atoms with Gasteiger partial charge in [0.15, 0.2) is 6.04 Å². The molecule has 0 bridgehead atoms. The molecule has 0 saturated carbocycles. The largest absolute Gasteiger partial charge is 0.508 e. The summed E-state index contributed by atoms with van der Waals surface area (Å²) >= 11 is 0. The number of phenols is 1. The van der Waals surface area contributed by atoms with Crippen LogP contribution in [-0.2, 0) is 4.79 Å². The number of amides is 1. The lowest BCUT2D eigenvalue weighted by atomic mass is 10.0. The zero-order valence-corrected chi connectivity index (χ0v) is 16.4. The molecule has 144 valence electrons. The highest BCUT2D eigenvalue weighted by Gasteiger charge is 2.29. The van der Waals surface area contributed by atoms with Gasteiger partial charge in [0.05, 0.1) is 26.2 Å². The number of hydrogen-bond acceptors (Lipinski definition) is 3. The molecule has 5 heteroatoms. The first-order valence-electron chi connectivity index (χ1n) is 9.74. The van der Waals surface area contributed by atoms with Gasteiger partial charge in [-0.2, -0.15) is 0 Å². The zero-order chi connectivity index (χ0) is 19.4. The Morgan fingerprint density at radius 2 is 1.67 bits per heavy atom. The third-order valence-corrected chi connectivity index (χ3v) is 5.47. The number of hydrogen-bond donors (Lipinski definition) is 3. The van der Waals surface area contributed by atoms with Crippen molar-refractivity contribution in [3.05, 3.63) is 54.1 Å². The Morgan fingerprint density at radius 3 is 2.30 bits per heavy atom. The van der Waals surface area contributed by atoms with Crippen molar-refractivity contribution in [3.63, 3.8) is 0 Å². The summed E-state index contributed by atoms with van der Waals surface area (Å²) in [5.41, 5.74) is 3.21. The SMILES string of the molecule is CC(C)c1ccccc1NC(=O)[C@H](C)[NH+]1CCN(c2ccc(O)cc2)CC1. The summed E-state index contributed by atoms with van der Waals surface area (Å²) in [6.45, 7) is 9.94. The predicted molar refractivity (Wildman–Crippen MR) is 110 cm³/mol. The van der Waals surface area contributed by atoms with Gasteiger partial charge in [-0.3, -0.25) is 4.79 Å². The van der Waals surface area contributed by atoms with Crippen LogP contribution in [0.4, 0.5) is 11.4 Å². The zero-order valence-electron chi connectivity index (χ0n) is 16.4. The third-order valence-electron chi connectivity index (χ3n) is 5.47. The summed E-state index contributed by atoms with van der Waals surface area (Å²) in [6.07, 6.45) is 0. The number of nitrogens with zero attached hydrogens (tertiary/aromatic N) is 1. The molecule has 1 fully saturated rings. The molecule has 0 unspecified atom stereocenters. The molecular weight excluding hydrogens is 338 g/mol. The van der Waals surface area contributed by atoms with Crippen LogP contribution in [0.2, 0.25) is 0 Å². The average molecular weight is 369 g/mol. The number of aromatic hydroxyl groups is 1. The maximum atomic E-state index is 12.8. The minimum atomic E-state index is -0.0906. The van der Waals surface area contributed by atoms with Crippen molar-refractivity contribution in [2.45, 2.75) is 32.7 Å². The molecule has 2 aromatic carbocycles. The summed E-state index contributed by atoms with van der Waals surface area (Å²) in [7, 11) is 0. The standard InChI is InChI=1S/C22H29N3O2/c1-16(2)20-6-4-5-7-21(20)23-22(27)17(3)24-12-14-25(15-13-24)18-8-10-19(26)11-9-18/h4-11,16-17,26H,12-15H2,1-3H3,(H,23,27)/p+1/t17-/m0/s1. The summed E-state index contributed by atoms with van der Waals surface area (Å²) in [6, 6.07) is 15.3. The molecule has 2 aromatic rings. The molecule has 1 amide bonds. The van der Waals surface area contributed by atoms with E-state index in [1.165, 1.54) is 10.5 Å². The normalized spacial score (nSPS) is 16.4. The smallest absolute Gasteiger partial charge is 0.282 e. The Kier molecular flexibility index (Phi) is 6.01. The lowest BCUT2D eigenvalue weighted by Crippen LogP contribution is -3.19. The van der Waals surface area contributed by atoms with Gasteiger partial charge in [0, 0.05) is 11.4 Å². The van der Waals surface area contributed by atoms with E-state index < -0.39 is 0 Å². The van der Waals surface area contributed by atoms with Crippen molar-refractivity contribution in [2.24, 2.45) is 0 Å². The minimum Gasteiger partial charge on any atom is -0.508 e. The second kappa shape index (κ2) is 8.44. The Bertz CT molecular complexity index is 765. The van der Waals surface area contributed by atoms with E-state index in [1.54, 1.807) is 12.1 Å².